The zero-order chi connectivity index (χ0) is 9.19. The topological polar surface area (TPSA) is 88.8 Å². The predicted octanol–water partition coefficient (Wildman–Crippen LogP) is -0.489. The van der Waals surface area contributed by atoms with Crippen molar-refractivity contribution in [2.45, 2.75) is 19.4 Å². The Balaban J connectivity index is 2.97. The van der Waals surface area contributed by atoms with E-state index in [9.17, 15) is 0 Å². The van der Waals surface area contributed by atoms with Crippen LogP contribution in [0.4, 0.5) is 0 Å². The van der Waals surface area contributed by atoms with Gasteiger partial charge in [-0.2, -0.15) is 0 Å². The van der Waals surface area contributed by atoms with Gasteiger partial charge in [0.2, 0.25) is 0 Å². The second kappa shape index (κ2) is 2.84. The minimum absolute atomic E-state index is 0.253. The highest BCUT2D eigenvalue weighted by atomic mass is 15.2. The first-order valence-electron chi connectivity index (χ1n) is 3.63. The predicted molar refractivity (Wildman–Crippen MR) is 49.6 cm³/mol. The first-order chi connectivity index (χ1) is 5.49. The van der Waals surface area contributed by atoms with Crippen LogP contribution >= 0.6 is 0 Å². The van der Waals surface area contributed by atoms with Crippen molar-refractivity contribution in [3.63, 3.8) is 0 Å². The van der Waals surface area contributed by atoms with Crippen molar-refractivity contribution in [1.29, 1.82) is 0 Å². The summed E-state index contributed by atoms with van der Waals surface area (Å²) >= 11 is 0. The third-order valence-electron chi connectivity index (χ3n) is 1.36. The van der Waals surface area contributed by atoms with Gasteiger partial charge >= 0.3 is 0 Å². The molecule has 1 rings (SSSR count). The van der Waals surface area contributed by atoms with Gasteiger partial charge in [0.05, 0.1) is 5.54 Å². The lowest BCUT2D eigenvalue weighted by atomic mass is 10.1. The van der Waals surface area contributed by atoms with E-state index >= 15 is 0 Å². The molecular formula is C7H13N5. The molecule has 66 valence electrons. The summed E-state index contributed by atoms with van der Waals surface area (Å²) in [4.78, 5) is 8.03. The number of hydrogen-bond acceptors (Lipinski definition) is 5. The van der Waals surface area contributed by atoms with Crippen LogP contribution in [0.5, 0.6) is 0 Å². The van der Waals surface area contributed by atoms with Crippen molar-refractivity contribution < 1.29 is 0 Å². The molecule has 0 fully saturated rings. The maximum absolute atomic E-state index is 5.51. The number of nitrogens with zero attached hydrogens (tertiary/aromatic N) is 2. The monoisotopic (exact) mass is 167 g/mol. The molecule has 0 bridgehead atoms. The molecule has 0 amide bonds. The summed E-state index contributed by atoms with van der Waals surface area (Å²) in [5.74, 6) is 0.536. The van der Waals surface area contributed by atoms with Gasteiger partial charge in [-0.15, -0.1) is 0 Å². The molecule has 0 aliphatic carbocycles. The fraction of sp³-hybridized carbons (Fsp3) is 0.429. The van der Waals surface area contributed by atoms with Crippen LogP contribution < -0.4 is 16.8 Å². The van der Waals surface area contributed by atoms with E-state index in [1.54, 1.807) is 6.20 Å². The Morgan fingerprint density at radius 1 is 1.33 bits per heavy atom. The van der Waals surface area contributed by atoms with Crippen LogP contribution in [0.2, 0.25) is 0 Å². The summed E-state index contributed by atoms with van der Waals surface area (Å²) in [7, 11) is 0. The van der Waals surface area contributed by atoms with Crippen LogP contribution in [-0.2, 0) is 0 Å². The fourth-order valence-electron chi connectivity index (χ4n) is 0.839. The molecule has 1 aliphatic rings. The summed E-state index contributed by atoms with van der Waals surface area (Å²) in [6.45, 7) is 3.85. The molecule has 12 heavy (non-hydrogen) atoms. The molecule has 5 heteroatoms. The van der Waals surface area contributed by atoms with Crippen molar-refractivity contribution >= 4 is 11.9 Å². The quantitative estimate of drug-likeness (QED) is 0.455. The van der Waals surface area contributed by atoms with Gasteiger partial charge in [0.25, 0.3) is 0 Å². The number of rotatable bonds is 0. The number of guanidine groups is 2. The highest BCUT2D eigenvalue weighted by molar-refractivity contribution is 5.97. The van der Waals surface area contributed by atoms with Gasteiger partial charge in [0.1, 0.15) is 0 Å². The second-order valence-electron chi connectivity index (χ2n) is 3.11. The van der Waals surface area contributed by atoms with E-state index in [0.717, 1.165) is 0 Å². The lowest BCUT2D eigenvalue weighted by Crippen LogP contribution is -2.43. The molecule has 0 spiro atoms. The van der Waals surface area contributed by atoms with Gasteiger partial charge in [0, 0.05) is 6.20 Å². The van der Waals surface area contributed by atoms with E-state index in [-0.39, 0.29) is 17.5 Å². The molecular weight excluding hydrogens is 154 g/mol. The van der Waals surface area contributed by atoms with Crippen molar-refractivity contribution in [2.75, 3.05) is 0 Å². The van der Waals surface area contributed by atoms with E-state index in [1.165, 1.54) is 0 Å². The first-order valence-corrected chi connectivity index (χ1v) is 3.63. The smallest absolute Gasteiger partial charge is 0.200 e. The molecule has 0 aromatic heterocycles. The minimum Gasteiger partial charge on any atom is -0.370 e. The van der Waals surface area contributed by atoms with E-state index in [4.69, 9.17) is 11.5 Å². The molecule has 5 N–H and O–H groups in total. The van der Waals surface area contributed by atoms with Crippen LogP contribution in [0.1, 0.15) is 13.8 Å². The van der Waals surface area contributed by atoms with Crippen molar-refractivity contribution in [1.82, 2.24) is 5.32 Å². The van der Waals surface area contributed by atoms with Gasteiger partial charge in [-0.25, -0.2) is 9.98 Å². The zero-order valence-corrected chi connectivity index (χ0v) is 7.20. The summed E-state index contributed by atoms with van der Waals surface area (Å²) in [5, 5.41) is 2.64. The molecule has 0 aromatic rings. The number of hydrogen-bond donors (Lipinski definition) is 3. The molecule has 0 radical (unpaired) electrons. The summed E-state index contributed by atoms with van der Waals surface area (Å²) in [5.41, 5.74) is 10.6. The Morgan fingerprint density at radius 3 is 2.67 bits per heavy atom. The lowest BCUT2D eigenvalue weighted by molar-refractivity contribution is 0.650. The van der Waals surface area contributed by atoms with Crippen LogP contribution in [0.25, 0.3) is 0 Å². The fourth-order valence-corrected chi connectivity index (χ4v) is 0.839. The first kappa shape index (κ1) is 8.58. The average Bonchev–Trinajstić information content (AvgIpc) is 1.81. The molecule has 0 unspecified atom stereocenters. The Morgan fingerprint density at radius 2 is 2.00 bits per heavy atom. The maximum Gasteiger partial charge on any atom is 0.200 e. The average molecular weight is 167 g/mol. The largest absolute Gasteiger partial charge is 0.370 e. The molecule has 5 nitrogen and oxygen atoms in total. The number of aliphatic imine (C=N–C) groups is 2. The molecule has 1 heterocycles. The van der Waals surface area contributed by atoms with Gasteiger partial charge in [-0.3, -0.25) is 5.32 Å². The van der Waals surface area contributed by atoms with E-state index in [1.807, 2.05) is 19.9 Å². The molecule has 0 saturated carbocycles. The Labute approximate surface area is 71.3 Å². The normalized spacial score (nSPS) is 21.5. The van der Waals surface area contributed by atoms with Crippen LogP contribution in [0.15, 0.2) is 22.3 Å². The summed E-state index contributed by atoms with van der Waals surface area (Å²) in [6, 6.07) is 0. The summed E-state index contributed by atoms with van der Waals surface area (Å²) in [6.07, 6.45) is 3.44. The van der Waals surface area contributed by atoms with E-state index in [2.05, 4.69) is 15.3 Å². The van der Waals surface area contributed by atoms with Crippen LogP contribution in [0.3, 0.4) is 0 Å². The van der Waals surface area contributed by atoms with Crippen LogP contribution in [0, 0.1) is 0 Å². The van der Waals surface area contributed by atoms with Crippen LogP contribution in [-0.4, -0.2) is 17.5 Å². The van der Waals surface area contributed by atoms with Gasteiger partial charge in [0.15, 0.2) is 11.9 Å². The van der Waals surface area contributed by atoms with Crippen molar-refractivity contribution in [2.24, 2.45) is 21.5 Å². The standard InChI is InChI=1S/C7H13N5/c1-7(2)3-4-10-5(8)11-6(9)12-7/h3-4H,1-2H3,(H5,8,9,10,11,12). The number of nitrogens with two attached hydrogens (primary N) is 2. The molecule has 0 aromatic carbocycles. The van der Waals surface area contributed by atoms with Crippen molar-refractivity contribution in [3.8, 4) is 0 Å². The highest BCUT2D eigenvalue weighted by Crippen LogP contribution is 2.10. The SMILES string of the molecule is CC1(C)C=CN=C(N)NC(N)=N1. The van der Waals surface area contributed by atoms with E-state index < -0.39 is 0 Å². The molecule has 1 aliphatic heterocycles. The Bertz CT molecular complexity index is 261. The van der Waals surface area contributed by atoms with Gasteiger partial charge in [-0.05, 0) is 19.9 Å². The van der Waals surface area contributed by atoms with Gasteiger partial charge in [-0.1, -0.05) is 0 Å². The number of nitrogens with one attached hydrogen (secondary N) is 1. The third-order valence-corrected chi connectivity index (χ3v) is 1.36. The van der Waals surface area contributed by atoms with Crippen molar-refractivity contribution in [3.05, 3.63) is 12.3 Å². The van der Waals surface area contributed by atoms with E-state index in [0.29, 0.717) is 0 Å². The third kappa shape index (κ3) is 2.26. The highest BCUT2D eigenvalue weighted by Gasteiger charge is 2.13. The Kier molecular flexibility index (Phi) is 2.03. The lowest BCUT2D eigenvalue weighted by Gasteiger charge is -2.17. The zero-order valence-electron chi connectivity index (χ0n) is 7.20. The maximum atomic E-state index is 5.51. The molecule has 0 saturated heterocycles. The van der Waals surface area contributed by atoms with Gasteiger partial charge < -0.3 is 11.5 Å². The minimum atomic E-state index is -0.332. The summed E-state index contributed by atoms with van der Waals surface area (Å²) < 4.78 is 0. The second-order valence-corrected chi connectivity index (χ2v) is 3.11. The molecule has 0 atom stereocenters. The Hall–Kier alpha value is -1.52.